The molecule has 0 saturated heterocycles. The molecule has 0 unspecified atom stereocenters. The predicted molar refractivity (Wildman–Crippen MR) is 85.3 cm³/mol. The number of aryl methyl sites for hydroxylation is 3. The van der Waals surface area contributed by atoms with Gasteiger partial charge in [-0.1, -0.05) is 17.7 Å². The van der Waals surface area contributed by atoms with Crippen LogP contribution in [-0.2, 0) is 9.53 Å². The zero-order valence-corrected chi connectivity index (χ0v) is 14.1. The Morgan fingerprint density at radius 2 is 1.68 bits per heavy atom. The smallest absolute Gasteiger partial charge is 0.407 e. The zero-order chi connectivity index (χ0) is 17.1. The molecule has 1 aromatic rings. The van der Waals surface area contributed by atoms with Gasteiger partial charge in [0.1, 0.15) is 5.60 Å². The number of alkyl carbamates (subject to hydrolysis) is 1. The number of carbonyl (C=O) groups is 2. The van der Waals surface area contributed by atoms with E-state index in [2.05, 4.69) is 5.32 Å². The van der Waals surface area contributed by atoms with Crippen LogP contribution in [0.5, 0.6) is 0 Å². The summed E-state index contributed by atoms with van der Waals surface area (Å²) in [5.74, 6) is -1.76. The lowest BCUT2D eigenvalue weighted by Crippen LogP contribution is -2.36. The van der Waals surface area contributed by atoms with Crippen LogP contribution in [0.3, 0.4) is 0 Å². The van der Waals surface area contributed by atoms with Crippen molar-refractivity contribution in [3.63, 3.8) is 0 Å². The van der Waals surface area contributed by atoms with Gasteiger partial charge in [-0.05, 0) is 58.2 Å². The molecule has 0 fully saturated rings. The first-order chi connectivity index (χ1) is 10.0. The highest BCUT2D eigenvalue weighted by molar-refractivity contribution is 5.79. The number of carboxylic acid groups (broad SMARTS) is 1. The fraction of sp³-hybridized carbons (Fsp3) is 0.529. The number of nitrogens with one attached hydrogen (secondary N) is 1. The molecule has 1 atom stereocenters. The summed E-state index contributed by atoms with van der Waals surface area (Å²) in [5.41, 5.74) is 3.04. The summed E-state index contributed by atoms with van der Waals surface area (Å²) in [6.45, 7) is 11.0. The molecular formula is C17H25NO4. The SMILES string of the molecule is Cc1cc(C)c([C@H](CNC(=O)OC(C)(C)C)C(=O)O)c(C)c1. The summed E-state index contributed by atoms with van der Waals surface area (Å²) in [6.07, 6.45) is -0.610. The van der Waals surface area contributed by atoms with E-state index in [4.69, 9.17) is 4.74 Å². The van der Waals surface area contributed by atoms with Gasteiger partial charge < -0.3 is 15.2 Å². The first-order valence-corrected chi connectivity index (χ1v) is 7.28. The largest absolute Gasteiger partial charge is 0.481 e. The lowest BCUT2D eigenvalue weighted by molar-refractivity contribution is -0.138. The average molecular weight is 307 g/mol. The van der Waals surface area contributed by atoms with Crippen molar-refractivity contribution in [1.82, 2.24) is 5.32 Å². The van der Waals surface area contributed by atoms with E-state index in [1.165, 1.54) is 0 Å². The summed E-state index contributed by atoms with van der Waals surface area (Å²) < 4.78 is 5.14. The maximum absolute atomic E-state index is 11.7. The van der Waals surface area contributed by atoms with Crippen LogP contribution < -0.4 is 5.32 Å². The minimum Gasteiger partial charge on any atom is -0.481 e. The van der Waals surface area contributed by atoms with Crippen molar-refractivity contribution in [2.75, 3.05) is 6.54 Å². The Kier molecular flexibility index (Phi) is 5.58. The quantitative estimate of drug-likeness (QED) is 0.895. The Balaban J connectivity index is 2.93. The fourth-order valence-corrected chi connectivity index (χ4v) is 2.55. The van der Waals surface area contributed by atoms with E-state index in [0.29, 0.717) is 0 Å². The predicted octanol–water partition coefficient (Wildman–Crippen LogP) is 3.30. The maximum atomic E-state index is 11.7. The second kappa shape index (κ2) is 6.81. The van der Waals surface area contributed by atoms with Crippen LogP contribution in [-0.4, -0.2) is 29.3 Å². The van der Waals surface area contributed by atoms with Crippen LogP contribution in [0, 0.1) is 20.8 Å². The number of ether oxygens (including phenoxy) is 1. The van der Waals surface area contributed by atoms with E-state index < -0.39 is 23.6 Å². The van der Waals surface area contributed by atoms with E-state index in [1.54, 1.807) is 20.8 Å². The Morgan fingerprint density at radius 1 is 1.18 bits per heavy atom. The van der Waals surface area contributed by atoms with Gasteiger partial charge in [0.25, 0.3) is 0 Å². The normalized spacial score (nSPS) is 12.6. The van der Waals surface area contributed by atoms with E-state index in [9.17, 15) is 14.7 Å². The van der Waals surface area contributed by atoms with Gasteiger partial charge in [0.2, 0.25) is 0 Å². The third-order valence-electron chi connectivity index (χ3n) is 3.23. The summed E-state index contributed by atoms with van der Waals surface area (Å²) >= 11 is 0. The molecule has 0 bridgehead atoms. The van der Waals surface area contributed by atoms with Gasteiger partial charge in [0.05, 0.1) is 5.92 Å². The number of rotatable bonds is 4. The van der Waals surface area contributed by atoms with Crippen molar-refractivity contribution in [3.05, 3.63) is 34.4 Å². The van der Waals surface area contributed by atoms with Crippen molar-refractivity contribution in [3.8, 4) is 0 Å². The van der Waals surface area contributed by atoms with E-state index in [1.807, 2.05) is 32.9 Å². The minimum absolute atomic E-state index is 0.00497. The van der Waals surface area contributed by atoms with Gasteiger partial charge in [-0.15, -0.1) is 0 Å². The van der Waals surface area contributed by atoms with E-state index >= 15 is 0 Å². The summed E-state index contributed by atoms with van der Waals surface area (Å²) in [4.78, 5) is 23.3. The lowest BCUT2D eigenvalue weighted by atomic mass is 9.89. The summed E-state index contributed by atoms with van der Waals surface area (Å²) in [6, 6.07) is 3.90. The Morgan fingerprint density at radius 3 is 2.09 bits per heavy atom. The molecule has 22 heavy (non-hydrogen) atoms. The molecule has 0 spiro atoms. The zero-order valence-electron chi connectivity index (χ0n) is 14.1. The molecule has 0 aliphatic rings. The van der Waals surface area contributed by atoms with Crippen LogP contribution in [0.2, 0.25) is 0 Å². The number of hydrogen-bond donors (Lipinski definition) is 2. The minimum atomic E-state index is -0.967. The lowest BCUT2D eigenvalue weighted by Gasteiger charge is -2.22. The summed E-state index contributed by atoms with van der Waals surface area (Å²) in [5, 5.41) is 12.0. The monoisotopic (exact) mass is 307 g/mol. The number of carboxylic acids is 1. The number of aliphatic carboxylic acids is 1. The topological polar surface area (TPSA) is 75.6 Å². The highest BCUT2D eigenvalue weighted by Gasteiger charge is 2.25. The van der Waals surface area contributed by atoms with Crippen molar-refractivity contribution in [2.45, 2.75) is 53.1 Å². The molecule has 1 rings (SSSR count). The Hall–Kier alpha value is -2.04. The molecule has 0 aliphatic heterocycles. The summed E-state index contributed by atoms with van der Waals surface area (Å²) in [7, 11) is 0. The first kappa shape index (κ1) is 18.0. The molecular weight excluding hydrogens is 282 g/mol. The molecule has 0 radical (unpaired) electrons. The number of amides is 1. The van der Waals surface area contributed by atoms with Gasteiger partial charge in [0.15, 0.2) is 0 Å². The maximum Gasteiger partial charge on any atom is 0.407 e. The first-order valence-electron chi connectivity index (χ1n) is 7.28. The molecule has 0 saturated carbocycles. The number of carbonyl (C=O) groups excluding carboxylic acids is 1. The van der Waals surface area contributed by atoms with Crippen molar-refractivity contribution in [2.24, 2.45) is 0 Å². The molecule has 1 amide bonds. The molecule has 122 valence electrons. The number of benzene rings is 1. The van der Waals surface area contributed by atoms with Crippen LogP contribution in [0.15, 0.2) is 12.1 Å². The van der Waals surface area contributed by atoms with Crippen molar-refractivity contribution in [1.29, 1.82) is 0 Å². The van der Waals surface area contributed by atoms with Crippen LogP contribution in [0.4, 0.5) is 4.79 Å². The molecule has 0 aromatic heterocycles. The fourth-order valence-electron chi connectivity index (χ4n) is 2.55. The van der Waals surface area contributed by atoms with Crippen LogP contribution in [0.25, 0.3) is 0 Å². The Bertz CT molecular complexity index is 550. The van der Waals surface area contributed by atoms with Gasteiger partial charge in [0, 0.05) is 6.54 Å². The second-order valence-corrected chi connectivity index (χ2v) is 6.59. The second-order valence-electron chi connectivity index (χ2n) is 6.59. The molecule has 5 nitrogen and oxygen atoms in total. The van der Waals surface area contributed by atoms with Gasteiger partial charge in [-0.25, -0.2) is 4.79 Å². The highest BCUT2D eigenvalue weighted by Crippen LogP contribution is 2.25. The van der Waals surface area contributed by atoms with Crippen LogP contribution in [0.1, 0.15) is 48.9 Å². The standard InChI is InChI=1S/C17H25NO4/c1-10-7-11(2)14(12(3)8-10)13(15(19)20)9-18-16(21)22-17(4,5)6/h7-8,13H,9H2,1-6H3,(H,18,21)(H,19,20)/t13-/m0/s1. The molecule has 2 N–H and O–H groups in total. The van der Waals surface area contributed by atoms with Crippen molar-refractivity contribution >= 4 is 12.1 Å². The van der Waals surface area contributed by atoms with E-state index in [0.717, 1.165) is 22.3 Å². The van der Waals surface area contributed by atoms with Gasteiger partial charge >= 0.3 is 12.1 Å². The van der Waals surface area contributed by atoms with Gasteiger partial charge in [-0.3, -0.25) is 4.79 Å². The van der Waals surface area contributed by atoms with Crippen LogP contribution >= 0.6 is 0 Å². The molecule has 0 heterocycles. The molecule has 1 aromatic carbocycles. The third kappa shape index (κ3) is 5.06. The highest BCUT2D eigenvalue weighted by atomic mass is 16.6. The average Bonchev–Trinajstić information content (AvgIpc) is 2.29. The van der Waals surface area contributed by atoms with E-state index in [-0.39, 0.29) is 6.54 Å². The molecule has 0 aliphatic carbocycles. The van der Waals surface area contributed by atoms with Crippen molar-refractivity contribution < 1.29 is 19.4 Å². The third-order valence-corrected chi connectivity index (χ3v) is 3.23. The van der Waals surface area contributed by atoms with Gasteiger partial charge in [-0.2, -0.15) is 0 Å². The molecule has 5 heteroatoms. The number of hydrogen-bond acceptors (Lipinski definition) is 3. The Labute approximate surface area is 131 Å².